The number of benzene rings is 2. The van der Waals surface area contributed by atoms with Crippen LogP contribution in [0.1, 0.15) is 22.3 Å². The highest BCUT2D eigenvalue weighted by Crippen LogP contribution is 2.32. The molecule has 2 aromatic rings. The Kier molecular flexibility index (Phi) is 5.22. The maximum Gasteiger partial charge on any atom is 0.264 e. The predicted octanol–water partition coefficient (Wildman–Crippen LogP) is 3.20. The molecule has 1 aliphatic heterocycles. The van der Waals surface area contributed by atoms with E-state index in [-0.39, 0.29) is 12.7 Å². The van der Waals surface area contributed by atoms with E-state index in [1.807, 2.05) is 44.2 Å². The van der Waals surface area contributed by atoms with Gasteiger partial charge < -0.3 is 14.2 Å². The first-order chi connectivity index (χ1) is 12.6. The molecule has 134 valence electrons. The summed E-state index contributed by atoms with van der Waals surface area (Å²) in [5.74, 6) is 1.90. The number of hydrogen-bond acceptors (Lipinski definition) is 5. The first-order valence-corrected chi connectivity index (χ1v) is 8.13. The zero-order chi connectivity index (χ0) is 18.5. The molecular formula is C20H20N2O4. The highest BCUT2D eigenvalue weighted by atomic mass is 16.7. The number of nitrogens with zero attached hydrogens (tertiary/aromatic N) is 1. The molecule has 0 saturated carbocycles. The largest absolute Gasteiger partial charge is 0.496 e. The molecular weight excluding hydrogens is 332 g/mol. The maximum absolute atomic E-state index is 11.9. The number of carbonyl (C=O) groups excluding carboxylic acids is 1. The lowest BCUT2D eigenvalue weighted by molar-refractivity contribution is -0.116. The first-order valence-electron chi connectivity index (χ1n) is 8.13. The Morgan fingerprint density at radius 3 is 2.77 bits per heavy atom. The molecule has 1 amide bonds. The van der Waals surface area contributed by atoms with E-state index in [9.17, 15) is 4.79 Å². The summed E-state index contributed by atoms with van der Waals surface area (Å²) in [4.78, 5) is 11.9. The summed E-state index contributed by atoms with van der Waals surface area (Å²) in [5, 5.41) is 4.01. The molecule has 6 heteroatoms. The zero-order valence-electron chi connectivity index (χ0n) is 14.9. The summed E-state index contributed by atoms with van der Waals surface area (Å²) in [6, 6.07) is 9.26. The Labute approximate surface area is 152 Å². The van der Waals surface area contributed by atoms with Gasteiger partial charge in [0.15, 0.2) is 11.5 Å². The van der Waals surface area contributed by atoms with Gasteiger partial charge in [-0.3, -0.25) is 4.79 Å². The number of methoxy groups -OCH3 is 1. The average molecular weight is 352 g/mol. The van der Waals surface area contributed by atoms with Crippen molar-refractivity contribution in [2.24, 2.45) is 5.10 Å². The summed E-state index contributed by atoms with van der Waals surface area (Å²) in [7, 11) is 1.64. The highest BCUT2D eigenvalue weighted by molar-refractivity contribution is 5.93. The Morgan fingerprint density at radius 2 is 1.96 bits per heavy atom. The van der Waals surface area contributed by atoms with Crippen LogP contribution in [0.3, 0.4) is 0 Å². The van der Waals surface area contributed by atoms with Crippen molar-refractivity contribution in [2.45, 2.75) is 13.8 Å². The van der Waals surface area contributed by atoms with Gasteiger partial charge in [0.1, 0.15) is 5.75 Å². The number of fused-ring (bicyclic) bond motifs is 1. The fraction of sp³-hybridized carbons (Fsp3) is 0.200. The Hall–Kier alpha value is -3.28. The standard InChI is InChI=1S/C20H20N2O4/c1-13-14(2)17(24-3)8-6-16(13)11-21-22-20(23)9-5-15-4-7-18-19(10-15)26-12-25-18/h4-11H,12H2,1-3H3,(H,22,23)/b9-5+,21-11+. The fourth-order valence-electron chi connectivity index (χ4n) is 2.57. The SMILES string of the molecule is COc1ccc(/C=N/NC(=O)/C=C/c2ccc3c(c2)OCO3)c(C)c1C. The van der Waals surface area contributed by atoms with Crippen molar-refractivity contribution < 1.29 is 19.0 Å². The van der Waals surface area contributed by atoms with Crippen LogP contribution < -0.4 is 19.6 Å². The number of rotatable bonds is 5. The molecule has 1 heterocycles. The molecule has 3 rings (SSSR count). The summed E-state index contributed by atoms with van der Waals surface area (Å²) in [5.41, 5.74) is 6.35. The summed E-state index contributed by atoms with van der Waals surface area (Å²) < 4.78 is 15.8. The molecule has 0 aromatic heterocycles. The minimum Gasteiger partial charge on any atom is -0.496 e. The molecule has 26 heavy (non-hydrogen) atoms. The Balaban J connectivity index is 1.60. The van der Waals surface area contributed by atoms with Crippen LogP contribution >= 0.6 is 0 Å². The molecule has 0 fully saturated rings. The van der Waals surface area contributed by atoms with Gasteiger partial charge >= 0.3 is 0 Å². The van der Waals surface area contributed by atoms with Crippen LogP contribution in [0.2, 0.25) is 0 Å². The molecule has 2 aromatic carbocycles. The van der Waals surface area contributed by atoms with Crippen LogP contribution in [0.15, 0.2) is 41.5 Å². The Bertz CT molecular complexity index is 888. The smallest absolute Gasteiger partial charge is 0.264 e. The van der Waals surface area contributed by atoms with Crippen molar-refractivity contribution in [1.29, 1.82) is 0 Å². The normalized spacial score (nSPS) is 12.7. The topological polar surface area (TPSA) is 69.2 Å². The van der Waals surface area contributed by atoms with E-state index in [1.165, 1.54) is 6.08 Å². The second kappa shape index (κ2) is 7.74. The third kappa shape index (κ3) is 3.85. The fourth-order valence-corrected chi connectivity index (χ4v) is 2.57. The lowest BCUT2D eigenvalue weighted by Crippen LogP contribution is -2.14. The van der Waals surface area contributed by atoms with Gasteiger partial charge in [-0.15, -0.1) is 0 Å². The molecule has 0 spiro atoms. The third-order valence-corrected chi connectivity index (χ3v) is 4.20. The summed E-state index contributed by atoms with van der Waals surface area (Å²) in [6.45, 7) is 4.20. The number of nitrogens with one attached hydrogen (secondary N) is 1. The van der Waals surface area contributed by atoms with Gasteiger partial charge in [-0.2, -0.15) is 5.10 Å². The van der Waals surface area contributed by atoms with Gasteiger partial charge in [0.05, 0.1) is 13.3 Å². The quantitative estimate of drug-likeness (QED) is 0.510. The lowest BCUT2D eigenvalue weighted by Gasteiger charge is -2.09. The van der Waals surface area contributed by atoms with Crippen molar-refractivity contribution in [3.8, 4) is 17.2 Å². The maximum atomic E-state index is 11.9. The zero-order valence-corrected chi connectivity index (χ0v) is 14.9. The van der Waals surface area contributed by atoms with Crippen LogP contribution in [0.4, 0.5) is 0 Å². The van der Waals surface area contributed by atoms with Gasteiger partial charge in [-0.1, -0.05) is 6.07 Å². The number of hydrogen-bond donors (Lipinski definition) is 1. The van der Waals surface area contributed by atoms with Gasteiger partial charge in [-0.25, -0.2) is 5.43 Å². The molecule has 1 aliphatic rings. The number of carbonyl (C=O) groups is 1. The van der Waals surface area contributed by atoms with E-state index in [4.69, 9.17) is 14.2 Å². The van der Waals surface area contributed by atoms with E-state index in [0.717, 1.165) is 28.0 Å². The summed E-state index contributed by atoms with van der Waals surface area (Å²) in [6.07, 6.45) is 4.73. The summed E-state index contributed by atoms with van der Waals surface area (Å²) >= 11 is 0. The van der Waals surface area contributed by atoms with Crippen molar-refractivity contribution >= 4 is 18.2 Å². The van der Waals surface area contributed by atoms with Crippen LogP contribution in [0, 0.1) is 13.8 Å². The third-order valence-electron chi connectivity index (χ3n) is 4.20. The molecule has 0 atom stereocenters. The molecule has 6 nitrogen and oxygen atoms in total. The van der Waals surface area contributed by atoms with Gasteiger partial charge in [-0.05, 0) is 66.4 Å². The molecule has 1 N–H and O–H groups in total. The van der Waals surface area contributed by atoms with E-state index in [0.29, 0.717) is 11.5 Å². The van der Waals surface area contributed by atoms with Gasteiger partial charge in [0.25, 0.3) is 5.91 Å². The lowest BCUT2D eigenvalue weighted by atomic mass is 10.0. The van der Waals surface area contributed by atoms with E-state index in [1.54, 1.807) is 19.4 Å². The van der Waals surface area contributed by atoms with Crippen LogP contribution in [0.25, 0.3) is 6.08 Å². The van der Waals surface area contributed by atoms with Crippen molar-refractivity contribution in [1.82, 2.24) is 5.43 Å². The van der Waals surface area contributed by atoms with Crippen molar-refractivity contribution in [2.75, 3.05) is 13.9 Å². The number of amides is 1. The second-order valence-corrected chi connectivity index (χ2v) is 5.79. The predicted molar refractivity (Wildman–Crippen MR) is 99.8 cm³/mol. The minimum atomic E-state index is -0.318. The van der Waals surface area contributed by atoms with Crippen LogP contribution in [-0.2, 0) is 4.79 Å². The number of hydrazone groups is 1. The molecule has 0 saturated heterocycles. The van der Waals surface area contributed by atoms with E-state index in [2.05, 4.69) is 10.5 Å². The minimum absolute atomic E-state index is 0.224. The molecule has 0 radical (unpaired) electrons. The Morgan fingerprint density at radius 1 is 1.15 bits per heavy atom. The monoisotopic (exact) mass is 352 g/mol. The van der Waals surface area contributed by atoms with Crippen molar-refractivity contribution in [3.05, 3.63) is 58.7 Å². The second-order valence-electron chi connectivity index (χ2n) is 5.79. The van der Waals surface area contributed by atoms with Gasteiger partial charge in [0.2, 0.25) is 6.79 Å². The van der Waals surface area contributed by atoms with E-state index < -0.39 is 0 Å². The molecule has 0 aliphatic carbocycles. The van der Waals surface area contributed by atoms with E-state index >= 15 is 0 Å². The number of ether oxygens (including phenoxy) is 3. The molecule has 0 bridgehead atoms. The average Bonchev–Trinajstić information content (AvgIpc) is 3.11. The van der Waals surface area contributed by atoms with Crippen molar-refractivity contribution in [3.63, 3.8) is 0 Å². The van der Waals surface area contributed by atoms with Crippen LogP contribution in [0.5, 0.6) is 17.2 Å². The molecule has 0 unspecified atom stereocenters. The first kappa shape index (κ1) is 17.5. The highest BCUT2D eigenvalue weighted by Gasteiger charge is 2.12. The van der Waals surface area contributed by atoms with Gasteiger partial charge in [0, 0.05) is 6.08 Å². The van der Waals surface area contributed by atoms with Crippen LogP contribution in [-0.4, -0.2) is 26.0 Å².